The quantitative estimate of drug-likeness (QED) is 0.871. The van der Waals surface area contributed by atoms with Crippen LogP contribution in [-0.4, -0.2) is 17.7 Å². The van der Waals surface area contributed by atoms with Gasteiger partial charge in [-0.2, -0.15) is 0 Å². The molecule has 1 unspecified atom stereocenters. The summed E-state index contributed by atoms with van der Waals surface area (Å²) >= 11 is 0. The number of hydrogen-bond acceptors (Lipinski definition) is 2. The van der Waals surface area contributed by atoms with Crippen LogP contribution in [0.1, 0.15) is 37.8 Å². The number of aryl methyl sites for hydroxylation is 1. The van der Waals surface area contributed by atoms with E-state index >= 15 is 0 Å². The smallest absolute Gasteiger partial charge is 0.340 e. The minimum atomic E-state index is -1.12. The highest BCUT2D eigenvalue weighted by Crippen LogP contribution is 2.40. The Hall–Kier alpha value is -1.35. The van der Waals surface area contributed by atoms with Crippen molar-refractivity contribution in [3.63, 3.8) is 0 Å². The van der Waals surface area contributed by atoms with Crippen molar-refractivity contribution in [1.82, 2.24) is 0 Å². The van der Waals surface area contributed by atoms with Gasteiger partial charge in [0, 0.05) is 6.61 Å². The third-order valence-electron chi connectivity index (χ3n) is 3.59. The van der Waals surface area contributed by atoms with Gasteiger partial charge < -0.3 is 9.84 Å². The first-order valence-electron chi connectivity index (χ1n) is 6.52. The third-order valence-corrected chi connectivity index (χ3v) is 3.59. The Bertz CT molecular complexity index is 439. The number of carboxylic acids is 1. The third kappa shape index (κ3) is 2.27. The molecule has 0 bridgehead atoms. The highest BCUT2D eigenvalue weighted by molar-refractivity contribution is 5.81. The van der Waals surface area contributed by atoms with Crippen LogP contribution in [0.4, 0.5) is 0 Å². The maximum absolute atomic E-state index is 11.6. The molecule has 0 aliphatic heterocycles. The van der Waals surface area contributed by atoms with Crippen molar-refractivity contribution in [1.29, 1.82) is 0 Å². The van der Waals surface area contributed by atoms with Crippen LogP contribution in [0.25, 0.3) is 0 Å². The molecule has 1 aromatic carbocycles. The summed E-state index contributed by atoms with van der Waals surface area (Å²) in [7, 11) is 0. The molecule has 0 saturated heterocycles. The van der Waals surface area contributed by atoms with Crippen molar-refractivity contribution in [3.8, 4) is 0 Å². The molecular weight excluding hydrogens is 228 g/mol. The number of ether oxygens (including phenoxy) is 1. The second-order valence-corrected chi connectivity index (χ2v) is 5.32. The fourth-order valence-electron chi connectivity index (χ4n) is 2.48. The molecule has 18 heavy (non-hydrogen) atoms. The molecule has 0 radical (unpaired) electrons. The highest BCUT2D eigenvalue weighted by atomic mass is 16.5. The molecule has 0 heterocycles. The number of carbonyl (C=O) groups is 1. The van der Waals surface area contributed by atoms with Crippen LogP contribution in [-0.2, 0) is 21.6 Å². The lowest BCUT2D eigenvalue weighted by Gasteiger charge is -2.26. The first-order chi connectivity index (χ1) is 8.56. The number of aliphatic carboxylic acids is 1. The molecule has 0 aromatic heterocycles. The number of fused-ring (bicyclic) bond motifs is 1. The number of hydrogen-bond donors (Lipinski definition) is 1. The van der Waals surface area contributed by atoms with Crippen molar-refractivity contribution >= 4 is 5.97 Å². The van der Waals surface area contributed by atoms with Crippen molar-refractivity contribution in [2.24, 2.45) is 5.92 Å². The van der Waals surface area contributed by atoms with Crippen LogP contribution in [0, 0.1) is 5.92 Å². The van der Waals surface area contributed by atoms with Crippen molar-refractivity contribution < 1.29 is 14.6 Å². The zero-order valence-corrected chi connectivity index (χ0v) is 11.0. The summed E-state index contributed by atoms with van der Waals surface area (Å²) in [5.41, 5.74) is 0.816. The predicted octanol–water partition coefficient (Wildman–Crippen LogP) is 2.98. The van der Waals surface area contributed by atoms with Gasteiger partial charge in [0.1, 0.15) is 0 Å². The van der Waals surface area contributed by atoms with Crippen molar-refractivity contribution in [3.05, 3.63) is 35.4 Å². The lowest BCUT2D eigenvalue weighted by molar-refractivity contribution is -0.168. The maximum atomic E-state index is 11.6. The lowest BCUT2D eigenvalue weighted by atomic mass is 9.95. The van der Waals surface area contributed by atoms with Crippen LogP contribution in [0.5, 0.6) is 0 Å². The number of benzene rings is 1. The predicted molar refractivity (Wildman–Crippen MR) is 69.5 cm³/mol. The summed E-state index contributed by atoms with van der Waals surface area (Å²) in [5.74, 6) is -0.344. The molecule has 0 saturated carbocycles. The standard InChI is InChI=1S/C15H20O3/c1-11(2)8-10-18-15(14(16)17)9-7-12-5-3-4-6-13(12)15/h3-6,11H,7-10H2,1-2H3,(H,16,17). The Balaban J connectivity index is 2.22. The summed E-state index contributed by atoms with van der Waals surface area (Å²) in [6.07, 6.45) is 2.21. The van der Waals surface area contributed by atoms with E-state index in [2.05, 4.69) is 13.8 Å². The Kier molecular flexibility index (Phi) is 3.71. The van der Waals surface area contributed by atoms with E-state index in [1.54, 1.807) is 0 Å². The van der Waals surface area contributed by atoms with E-state index in [1.807, 2.05) is 24.3 Å². The summed E-state index contributed by atoms with van der Waals surface area (Å²) in [4.78, 5) is 11.6. The van der Waals surface area contributed by atoms with Gasteiger partial charge in [-0.25, -0.2) is 4.79 Å². The van der Waals surface area contributed by atoms with Crippen LogP contribution >= 0.6 is 0 Å². The van der Waals surface area contributed by atoms with Gasteiger partial charge in [-0.05, 0) is 36.3 Å². The first kappa shape index (κ1) is 13.1. The number of carboxylic acid groups (broad SMARTS) is 1. The second-order valence-electron chi connectivity index (χ2n) is 5.32. The van der Waals surface area contributed by atoms with Gasteiger partial charge in [0.2, 0.25) is 0 Å². The molecule has 3 heteroatoms. The molecule has 1 aliphatic carbocycles. The van der Waals surface area contributed by atoms with E-state index in [0.717, 1.165) is 24.0 Å². The Morgan fingerprint density at radius 2 is 2.17 bits per heavy atom. The molecule has 0 amide bonds. The topological polar surface area (TPSA) is 46.5 Å². The van der Waals surface area contributed by atoms with Crippen molar-refractivity contribution in [2.45, 2.75) is 38.7 Å². The summed E-state index contributed by atoms with van der Waals surface area (Å²) in [6, 6.07) is 7.70. The van der Waals surface area contributed by atoms with Gasteiger partial charge in [0.15, 0.2) is 5.60 Å². The molecule has 0 fully saturated rings. The maximum Gasteiger partial charge on any atom is 0.340 e. The van der Waals surface area contributed by atoms with Gasteiger partial charge >= 0.3 is 5.97 Å². The molecule has 1 atom stereocenters. The van der Waals surface area contributed by atoms with E-state index in [-0.39, 0.29) is 0 Å². The largest absolute Gasteiger partial charge is 0.479 e. The molecule has 2 rings (SSSR count). The monoisotopic (exact) mass is 248 g/mol. The van der Waals surface area contributed by atoms with Crippen LogP contribution in [0.15, 0.2) is 24.3 Å². The van der Waals surface area contributed by atoms with E-state index in [0.29, 0.717) is 18.9 Å². The Morgan fingerprint density at radius 1 is 1.44 bits per heavy atom. The molecule has 3 nitrogen and oxygen atoms in total. The molecule has 98 valence electrons. The molecule has 1 N–H and O–H groups in total. The van der Waals surface area contributed by atoms with E-state index < -0.39 is 11.6 Å². The van der Waals surface area contributed by atoms with Crippen molar-refractivity contribution in [2.75, 3.05) is 6.61 Å². The van der Waals surface area contributed by atoms with Crippen LogP contribution in [0.2, 0.25) is 0 Å². The van der Waals surface area contributed by atoms with Gasteiger partial charge in [-0.15, -0.1) is 0 Å². The van der Waals surface area contributed by atoms with Gasteiger partial charge in [-0.3, -0.25) is 0 Å². The van der Waals surface area contributed by atoms with Gasteiger partial charge in [0.05, 0.1) is 0 Å². The zero-order chi connectivity index (χ0) is 13.2. The first-order valence-corrected chi connectivity index (χ1v) is 6.52. The SMILES string of the molecule is CC(C)CCOC1(C(=O)O)CCc2ccccc21. The van der Waals surface area contributed by atoms with Gasteiger partial charge in [-0.1, -0.05) is 38.1 Å². The van der Waals surface area contributed by atoms with E-state index in [9.17, 15) is 9.90 Å². The minimum Gasteiger partial charge on any atom is -0.479 e. The minimum absolute atomic E-state index is 0.498. The lowest BCUT2D eigenvalue weighted by Crippen LogP contribution is -2.37. The fraction of sp³-hybridized carbons (Fsp3) is 0.533. The van der Waals surface area contributed by atoms with E-state index in [4.69, 9.17) is 4.74 Å². The van der Waals surface area contributed by atoms with Gasteiger partial charge in [0.25, 0.3) is 0 Å². The second kappa shape index (κ2) is 5.11. The summed E-state index contributed by atoms with van der Waals surface area (Å²) in [5, 5.41) is 9.55. The average Bonchev–Trinajstić information content (AvgIpc) is 2.69. The number of rotatable bonds is 5. The fourth-order valence-corrected chi connectivity index (χ4v) is 2.48. The Morgan fingerprint density at radius 3 is 2.83 bits per heavy atom. The van der Waals surface area contributed by atoms with Crippen LogP contribution in [0.3, 0.4) is 0 Å². The summed E-state index contributed by atoms with van der Waals surface area (Å²) < 4.78 is 5.79. The zero-order valence-electron chi connectivity index (χ0n) is 11.0. The molecule has 1 aliphatic rings. The highest BCUT2D eigenvalue weighted by Gasteiger charge is 2.46. The molecule has 0 spiro atoms. The normalized spacial score (nSPS) is 22.2. The molecular formula is C15H20O3. The van der Waals surface area contributed by atoms with Crippen LogP contribution < -0.4 is 0 Å². The van der Waals surface area contributed by atoms with E-state index in [1.165, 1.54) is 0 Å². The summed E-state index contributed by atoms with van der Waals surface area (Å²) in [6.45, 7) is 4.72. The average molecular weight is 248 g/mol. The molecule has 1 aromatic rings. The Labute approximate surface area is 108 Å².